The number of carbonyl (C=O) groups is 1. The van der Waals surface area contributed by atoms with Crippen molar-refractivity contribution in [2.45, 2.75) is 6.92 Å². The van der Waals surface area contributed by atoms with Crippen molar-refractivity contribution in [3.63, 3.8) is 0 Å². The molecule has 0 aliphatic rings. The highest BCUT2D eigenvalue weighted by molar-refractivity contribution is 5.90. The Morgan fingerprint density at radius 2 is 2.11 bits per heavy atom. The van der Waals surface area contributed by atoms with Gasteiger partial charge in [-0.05, 0) is 19.1 Å². The van der Waals surface area contributed by atoms with Crippen LogP contribution in [0, 0.1) is 0 Å². The molecule has 0 saturated carbocycles. The molecule has 0 heterocycles. The summed E-state index contributed by atoms with van der Waals surface area (Å²) in [6, 6.07) is 6.94. The predicted molar refractivity (Wildman–Crippen MR) is 75.6 cm³/mol. The Labute approximate surface area is 113 Å². The van der Waals surface area contributed by atoms with Gasteiger partial charge in [-0.3, -0.25) is 0 Å². The molecule has 5 nitrogen and oxygen atoms in total. The lowest BCUT2D eigenvalue weighted by Crippen LogP contribution is -2.31. The van der Waals surface area contributed by atoms with E-state index in [4.69, 9.17) is 9.47 Å². The van der Waals surface area contributed by atoms with E-state index < -0.39 is 0 Å². The van der Waals surface area contributed by atoms with Crippen LogP contribution in [-0.2, 0) is 4.74 Å². The van der Waals surface area contributed by atoms with Crippen LogP contribution in [0.4, 0.5) is 10.5 Å². The van der Waals surface area contributed by atoms with Crippen molar-refractivity contribution in [1.29, 1.82) is 0 Å². The number of para-hydroxylation sites is 2. The highest BCUT2D eigenvalue weighted by Crippen LogP contribution is 2.22. The number of hydrogen-bond acceptors (Lipinski definition) is 3. The third-order valence-corrected chi connectivity index (χ3v) is 2.24. The first-order valence-corrected chi connectivity index (χ1v) is 6.03. The number of anilines is 1. The first-order chi connectivity index (χ1) is 9.13. The minimum Gasteiger partial charge on any atom is -0.495 e. The van der Waals surface area contributed by atoms with Gasteiger partial charge in [0, 0.05) is 6.54 Å². The molecular formula is C14H20N2O3. The van der Waals surface area contributed by atoms with Gasteiger partial charge < -0.3 is 20.1 Å². The molecule has 0 spiro atoms. The molecule has 19 heavy (non-hydrogen) atoms. The van der Waals surface area contributed by atoms with Crippen molar-refractivity contribution in [2.75, 3.05) is 32.2 Å². The van der Waals surface area contributed by atoms with Crippen LogP contribution in [0.1, 0.15) is 6.92 Å². The Hall–Kier alpha value is -2.01. The number of carbonyl (C=O) groups excluding carboxylic acids is 1. The monoisotopic (exact) mass is 264 g/mol. The lowest BCUT2D eigenvalue weighted by atomic mass is 10.3. The molecule has 0 aliphatic heterocycles. The molecule has 1 rings (SSSR count). The predicted octanol–water partition coefficient (Wildman–Crippen LogP) is 2.41. The van der Waals surface area contributed by atoms with Gasteiger partial charge in [-0.2, -0.15) is 0 Å². The second kappa shape index (κ2) is 8.16. The largest absolute Gasteiger partial charge is 0.495 e. The average Bonchev–Trinajstić information content (AvgIpc) is 2.38. The number of rotatable bonds is 7. The van der Waals surface area contributed by atoms with Gasteiger partial charge in [-0.25, -0.2) is 4.79 Å². The van der Waals surface area contributed by atoms with E-state index >= 15 is 0 Å². The zero-order chi connectivity index (χ0) is 14.1. The Morgan fingerprint density at radius 1 is 1.37 bits per heavy atom. The number of benzene rings is 1. The minimum atomic E-state index is -0.288. The maximum atomic E-state index is 11.6. The van der Waals surface area contributed by atoms with Gasteiger partial charge in [-0.15, -0.1) is 0 Å². The summed E-state index contributed by atoms with van der Waals surface area (Å²) in [6.07, 6.45) is 0. The van der Waals surface area contributed by atoms with Crippen molar-refractivity contribution < 1.29 is 14.3 Å². The molecule has 0 fully saturated rings. The summed E-state index contributed by atoms with van der Waals surface area (Å²) in [4.78, 5) is 11.6. The van der Waals surface area contributed by atoms with E-state index in [2.05, 4.69) is 17.2 Å². The third-order valence-electron chi connectivity index (χ3n) is 2.24. The van der Waals surface area contributed by atoms with Gasteiger partial charge in [-0.1, -0.05) is 24.3 Å². The quantitative estimate of drug-likeness (QED) is 0.587. The summed E-state index contributed by atoms with van der Waals surface area (Å²) in [5.74, 6) is 0.621. The van der Waals surface area contributed by atoms with E-state index in [-0.39, 0.29) is 6.03 Å². The standard InChI is InChI=1S/C14H20N2O3/c1-11(2)10-19-9-8-15-14(17)16-12-6-4-5-7-13(12)18-3/h4-7H,1,8-10H2,2-3H3,(H2,15,16,17). The molecule has 5 heteroatoms. The van der Waals surface area contributed by atoms with Crippen molar-refractivity contribution in [3.8, 4) is 5.75 Å². The van der Waals surface area contributed by atoms with Crippen LogP contribution in [0.15, 0.2) is 36.4 Å². The van der Waals surface area contributed by atoms with Crippen LogP contribution in [-0.4, -0.2) is 32.9 Å². The topological polar surface area (TPSA) is 59.6 Å². The second-order valence-corrected chi connectivity index (χ2v) is 4.09. The normalized spacial score (nSPS) is 9.79. The van der Waals surface area contributed by atoms with E-state index in [0.717, 1.165) is 5.57 Å². The highest BCUT2D eigenvalue weighted by Gasteiger charge is 2.05. The molecule has 2 amide bonds. The molecule has 0 bridgehead atoms. The molecule has 0 atom stereocenters. The van der Waals surface area contributed by atoms with E-state index in [1.165, 1.54) is 0 Å². The van der Waals surface area contributed by atoms with Crippen LogP contribution in [0.2, 0.25) is 0 Å². The maximum absolute atomic E-state index is 11.6. The summed E-state index contributed by atoms with van der Waals surface area (Å²) in [5.41, 5.74) is 1.59. The molecule has 2 N–H and O–H groups in total. The van der Waals surface area contributed by atoms with E-state index in [1.807, 2.05) is 19.1 Å². The van der Waals surface area contributed by atoms with Gasteiger partial charge in [0.25, 0.3) is 0 Å². The lowest BCUT2D eigenvalue weighted by molar-refractivity contribution is 0.159. The first kappa shape index (κ1) is 15.0. The molecule has 1 aromatic carbocycles. The molecule has 0 aromatic heterocycles. The maximum Gasteiger partial charge on any atom is 0.319 e. The Morgan fingerprint density at radius 3 is 2.79 bits per heavy atom. The van der Waals surface area contributed by atoms with Gasteiger partial charge in [0.05, 0.1) is 26.0 Å². The second-order valence-electron chi connectivity index (χ2n) is 4.09. The van der Waals surface area contributed by atoms with Crippen LogP contribution >= 0.6 is 0 Å². The fraction of sp³-hybridized carbons (Fsp3) is 0.357. The van der Waals surface area contributed by atoms with Gasteiger partial charge in [0.15, 0.2) is 0 Å². The van der Waals surface area contributed by atoms with Crippen LogP contribution in [0.25, 0.3) is 0 Å². The summed E-state index contributed by atoms with van der Waals surface area (Å²) < 4.78 is 10.4. The molecule has 0 radical (unpaired) electrons. The zero-order valence-electron chi connectivity index (χ0n) is 11.4. The van der Waals surface area contributed by atoms with E-state index in [1.54, 1.807) is 19.2 Å². The van der Waals surface area contributed by atoms with E-state index in [0.29, 0.717) is 31.2 Å². The zero-order valence-corrected chi connectivity index (χ0v) is 11.4. The van der Waals surface area contributed by atoms with Crippen LogP contribution in [0.3, 0.4) is 0 Å². The van der Waals surface area contributed by atoms with Gasteiger partial charge in [0.2, 0.25) is 0 Å². The van der Waals surface area contributed by atoms with Crippen molar-refractivity contribution in [1.82, 2.24) is 5.32 Å². The molecule has 104 valence electrons. The fourth-order valence-electron chi connectivity index (χ4n) is 1.40. The van der Waals surface area contributed by atoms with Crippen LogP contribution in [0.5, 0.6) is 5.75 Å². The van der Waals surface area contributed by atoms with Gasteiger partial charge >= 0.3 is 6.03 Å². The number of hydrogen-bond donors (Lipinski definition) is 2. The Kier molecular flexibility index (Phi) is 6.46. The fourth-order valence-corrected chi connectivity index (χ4v) is 1.40. The summed E-state index contributed by atoms with van der Waals surface area (Å²) >= 11 is 0. The van der Waals surface area contributed by atoms with Crippen molar-refractivity contribution >= 4 is 11.7 Å². The number of nitrogens with one attached hydrogen (secondary N) is 2. The number of methoxy groups -OCH3 is 1. The number of amides is 2. The first-order valence-electron chi connectivity index (χ1n) is 6.03. The smallest absolute Gasteiger partial charge is 0.319 e. The van der Waals surface area contributed by atoms with Crippen LogP contribution < -0.4 is 15.4 Å². The third kappa shape index (κ3) is 5.92. The SMILES string of the molecule is C=C(C)COCCNC(=O)Nc1ccccc1OC. The molecule has 0 unspecified atom stereocenters. The summed E-state index contributed by atoms with van der Waals surface area (Å²) in [5, 5.41) is 5.41. The molecule has 0 saturated heterocycles. The molecule has 0 aliphatic carbocycles. The number of ether oxygens (including phenoxy) is 2. The lowest BCUT2D eigenvalue weighted by Gasteiger charge is -2.11. The Balaban J connectivity index is 2.29. The van der Waals surface area contributed by atoms with Crippen molar-refractivity contribution in [2.24, 2.45) is 0 Å². The molecule has 1 aromatic rings. The average molecular weight is 264 g/mol. The van der Waals surface area contributed by atoms with Gasteiger partial charge in [0.1, 0.15) is 5.75 Å². The highest BCUT2D eigenvalue weighted by atomic mass is 16.5. The van der Waals surface area contributed by atoms with E-state index in [9.17, 15) is 4.79 Å². The van der Waals surface area contributed by atoms with Crippen molar-refractivity contribution in [3.05, 3.63) is 36.4 Å². The number of urea groups is 1. The summed E-state index contributed by atoms with van der Waals surface area (Å²) in [6.45, 7) is 7.01. The Bertz CT molecular complexity index is 432. The minimum absolute atomic E-state index is 0.288. The summed E-state index contributed by atoms with van der Waals surface area (Å²) in [7, 11) is 1.56. The molecular weight excluding hydrogens is 244 g/mol.